The maximum absolute atomic E-state index is 11.1. The first kappa shape index (κ1) is 10.5. The van der Waals surface area contributed by atoms with Gasteiger partial charge in [-0.2, -0.15) is 5.26 Å². The van der Waals surface area contributed by atoms with Gasteiger partial charge in [0.25, 0.3) is 0 Å². The number of hydrogen-bond acceptors (Lipinski definition) is 3. The quantitative estimate of drug-likeness (QED) is 0.751. The second-order valence-electron chi connectivity index (χ2n) is 2.65. The number of rotatable bonds is 2. The van der Waals surface area contributed by atoms with Crippen LogP contribution in [0.1, 0.15) is 12.5 Å². The Labute approximate surface area is 86.5 Å². The lowest BCUT2D eigenvalue weighted by molar-refractivity contribution is -0.115. The third-order valence-corrected chi connectivity index (χ3v) is 1.70. The van der Waals surface area contributed by atoms with Crippen LogP contribution in [0, 0.1) is 11.3 Å². The summed E-state index contributed by atoms with van der Waals surface area (Å²) in [6, 6.07) is 5.05. The standard InChI is InChI=1S/C9H8ClN3O/c1-6(10)9(14)13-8-3-2-7(4-11)5-12-8/h2-3,5-6H,1H3,(H,12,13,14). The summed E-state index contributed by atoms with van der Waals surface area (Å²) >= 11 is 5.54. The van der Waals surface area contributed by atoms with E-state index in [-0.39, 0.29) is 5.91 Å². The van der Waals surface area contributed by atoms with E-state index in [4.69, 9.17) is 16.9 Å². The highest BCUT2D eigenvalue weighted by molar-refractivity contribution is 6.32. The molecule has 1 rings (SSSR count). The Morgan fingerprint density at radius 3 is 2.86 bits per heavy atom. The molecule has 1 amide bonds. The van der Waals surface area contributed by atoms with Gasteiger partial charge in [0.1, 0.15) is 17.3 Å². The number of nitrogens with one attached hydrogen (secondary N) is 1. The average Bonchev–Trinajstić information content (AvgIpc) is 2.19. The number of hydrogen-bond donors (Lipinski definition) is 1. The Morgan fingerprint density at radius 2 is 2.43 bits per heavy atom. The number of aromatic nitrogens is 1. The zero-order valence-corrected chi connectivity index (χ0v) is 8.25. The van der Waals surface area contributed by atoms with Gasteiger partial charge < -0.3 is 5.32 Å². The highest BCUT2D eigenvalue weighted by Gasteiger charge is 2.09. The second-order valence-corrected chi connectivity index (χ2v) is 3.30. The number of pyridine rings is 1. The predicted molar refractivity (Wildman–Crippen MR) is 52.9 cm³/mol. The molecule has 4 nitrogen and oxygen atoms in total. The molecule has 0 aliphatic heterocycles. The molecule has 0 radical (unpaired) electrons. The Morgan fingerprint density at radius 1 is 1.71 bits per heavy atom. The number of nitrogens with zero attached hydrogens (tertiary/aromatic N) is 2. The third kappa shape index (κ3) is 2.71. The van der Waals surface area contributed by atoms with Crippen molar-refractivity contribution < 1.29 is 4.79 Å². The molecule has 0 saturated carbocycles. The van der Waals surface area contributed by atoms with Crippen molar-refractivity contribution in [3.05, 3.63) is 23.9 Å². The lowest BCUT2D eigenvalue weighted by Gasteiger charge is -2.04. The molecule has 1 unspecified atom stereocenters. The molecule has 0 fully saturated rings. The SMILES string of the molecule is CC(Cl)C(=O)Nc1ccc(C#N)cn1. The van der Waals surface area contributed by atoms with Crippen LogP contribution < -0.4 is 5.32 Å². The molecule has 0 spiro atoms. The number of carbonyl (C=O) groups excluding carboxylic acids is 1. The number of anilines is 1. The van der Waals surface area contributed by atoms with Gasteiger partial charge in [-0.25, -0.2) is 4.98 Å². The fourth-order valence-electron chi connectivity index (χ4n) is 0.760. The number of carbonyl (C=O) groups is 1. The molecule has 1 aromatic heterocycles. The number of amides is 1. The maximum atomic E-state index is 11.1. The minimum absolute atomic E-state index is 0.316. The molecular formula is C9H8ClN3O. The summed E-state index contributed by atoms with van der Waals surface area (Å²) < 4.78 is 0. The number of halogens is 1. The fraction of sp³-hybridized carbons (Fsp3) is 0.222. The van der Waals surface area contributed by atoms with Crippen molar-refractivity contribution in [3.8, 4) is 6.07 Å². The van der Waals surface area contributed by atoms with E-state index in [1.165, 1.54) is 6.20 Å². The van der Waals surface area contributed by atoms with E-state index >= 15 is 0 Å². The van der Waals surface area contributed by atoms with Gasteiger partial charge in [0, 0.05) is 6.20 Å². The summed E-state index contributed by atoms with van der Waals surface area (Å²) in [5.74, 6) is 0.0744. The van der Waals surface area contributed by atoms with Gasteiger partial charge in [-0.1, -0.05) is 0 Å². The molecule has 0 saturated heterocycles. The normalized spacial score (nSPS) is 11.5. The molecule has 0 aliphatic carbocycles. The monoisotopic (exact) mass is 209 g/mol. The minimum Gasteiger partial charge on any atom is -0.309 e. The molecular weight excluding hydrogens is 202 g/mol. The molecule has 1 aromatic rings. The fourth-order valence-corrected chi connectivity index (χ4v) is 0.814. The minimum atomic E-state index is -0.604. The zero-order valence-electron chi connectivity index (χ0n) is 7.49. The highest BCUT2D eigenvalue weighted by Crippen LogP contribution is 2.05. The van der Waals surface area contributed by atoms with E-state index in [2.05, 4.69) is 10.3 Å². The van der Waals surface area contributed by atoms with Crippen LogP contribution in [-0.2, 0) is 4.79 Å². The van der Waals surface area contributed by atoms with E-state index in [9.17, 15) is 4.79 Å². The van der Waals surface area contributed by atoms with Crippen molar-refractivity contribution in [2.75, 3.05) is 5.32 Å². The molecule has 0 bridgehead atoms. The van der Waals surface area contributed by atoms with Crippen molar-refractivity contribution in [3.63, 3.8) is 0 Å². The van der Waals surface area contributed by atoms with E-state index in [1.807, 2.05) is 6.07 Å². The topological polar surface area (TPSA) is 65.8 Å². The molecule has 0 aromatic carbocycles. The zero-order chi connectivity index (χ0) is 10.6. The van der Waals surface area contributed by atoms with Crippen LogP contribution in [-0.4, -0.2) is 16.3 Å². The Hall–Kier alpha value is -1.60. The Bertz CT molecular complexity index is 367. The smallest absolute Gasteiger partial charge is 0.243 e. The van der Waals surface area contributed by atoms with E-state index < -0.39 is 5.38 Å². The third-order valence-electron chi connectivity index (χ3n) is 1.51. The molecule has 72 valence electrons. The van der Waals surface area contributed by atoms with Crippen LogP contribution in [0.4, 0.5) is 5.82 Å². The molecule has 1 N–H and O–H groups in total. The number of nitriles is 1. The van der Waals surface area contributed by atoms with Crippen LogP contribution in [0.15, 0.2) is 18.3 Å². The summed E-state index contributed by atoms with van der Waals surface area (Å²) in [7, 11) is 0. The molecule has 1 heterocycles. The van der Waals surface area contributed by atoms with Crippen molar-refractivity contribution in [1.29, 1.82) is 5.26 Å². The summed E-state index contributed by atoms with van der Waals surface area (Å²) in [6.07, 6.45) is 1.38. The lowest BCUT2D eigenvalue weighted by atomic mass is 10.3. The first-order valence-corrected chi connectivity index (χ1v) is 4.38. The van der Waals surface area contributed by atoms with Crippen molar-refractivity contribution >= 4 is 23.3 Å². The number of alkyl halides is 1. The van der Waals surface area contributed by atoms with Gasteiger partial charge in [-0.05, 0) is 19.1 Å². The summed E-state index contributed by atoms with van der Waals surface area (Å²) in [6.45, 7) is 1.57. The van der Waals surface area contributed by atoms with Crippen LogP contribution in [0.5, 0.6) is 0 Å². The van der Waals surface area contributed by atoms with Crippen LogP contribution in [0.25, 0.3) is 0 Å². The van der Waals surface area contributed by atoms with Gasteiger partial charge >= 0.3 is 0 Å². The predicted octanol–water partition coefficient (Wildman–Crippen LogP) is 1.52. The summed E-state index contributed by atoms with van der Waals surface area (Å²) in [5, 5.41) is 10.4. The summed E-state index contributed by atoms with van der Waals surface area (Å²) in [5.41, 5.74) is 0.446. The molecule has 5 heteroatoms. The maximum Gasteiger partial charge on any atom is 0.243 e. The van der Waals surface area contributed by atoms with E-state index in [0.29, 0.717) is 11.4 Å². The molecule has 0 aliphatic rings. The van der Waals surface area contributed by atoms with E-state index in [1.54, 1.807) is 19.1 Å². The van der Waals surface area contributed by atoms with Crippen LogP contribution in [0.3, 0.4) is 0 Å². The Balaban J connectivity index is 2.70. The highest BCUT2D eigenvalue weighted by atomic mass is 35.5. The first-order valence-electron chi connectivity index (χ1n) is 3.94. The van der Waals surface area contributed by atoms with Gasteiger partial charge in [-0.15, -0.1) is 11.6 Å². The van der Waals surface area contributed by atoms with Gasteiger partial charge in [0.05, 0.1) is 5.56 Å². The largest absolute Gasteiger partial charge is 0.309 e. The van der Waals surface area contributed by atoms with Crippen molar-refractivity contribution in [2.45, 2.75) is 12.3 Å². The lowest BCUT2D eigenvalue weighted by Crippen LogP contribution is -2.20. The van der Waals surface area contributed by atoms with Crippen LogP contribution >= 0.6 is 11.6 Å². The Kier molecular flexibility index (Phi) is 3.43. The van der Waals surface area contributed by atoms with Gasteiger partial charge in [0.15, 0.2) is 0 Å². The van der Waals surface area contributed by atoms with Crippen LogP contribution in [0.2, 0.25) is 0 Å². The second kappa shape index (κ2) is 4.58. The van der Waals surface area contributed by atoms with Gasteiger partial charge in [0.2, 0.25) is 5.91 Å². The summed E-state index contributed by atoms with van der Waals surface area (Å²) in [4.78, 5) is 15.0. The van der Waals surface area contributed by atoms with E-state index in [0.717, 1.165) is 0 Å². The van der Waals surface area contributed by atoms with Crippen molar-refractivity contribution in [2.24, 2.45) is 0 Å². The average molecular weight is 210 g/mol. The molecule has 14 heavy (non-hydrogen) atoms. The first-order chi connectivity index (χ1) is 6.63. The molecule has 1 atom stereocenters. The van der Waals surface area contributed by atoms with Crippen molar-refractivity contribution in [1.82, 2.24) is 4.98 Å². The van der Waals surface area contributed by atoms with Gasteiger partial charge in [-0.3, -0.25) is 4.79 Å².